The number of hydrogen-bond donors (Lipinski definition) is 5. The van der Waals surface area contributed by atoms with Crippen LogP contribution < -0.4 is 0 Å². The van der Waals surface area contributed by atoms with E-state index in [2.05, 4.69) is 55.4 Å². The van der Waals surface area contributed by atoms with E-state index >= 15 is 4.79 Å². The van der Waals surface area contributed by atoms with Crippen LogP contribution in [0.1, 0.15) is 166 Å². The summed E-state index contributed by atoms with van der Waals surface area (Å²) in [5, 5.41) is 56.0. The zero-order valence-corrected chi connectivity index (χ0v) is 43.6. The number of esters is 3. The van der Waals surface area contributed by atoms with Crippen molar-refractivity contribution < 1.29 is 77.9 Å². The molecule has 0 bridgehead atoms. The van der Waals surface area contributed by atoms with Gasteiger partial charge < -0.3 is 58.7 Å². The number of aliphatic hydroxyl groups is 5. The molecule has 5 aliphatic carbocycles. The predicted octanol–water partition coefficient (Wildman–Crippen LogP) is 6.02. The number of ketones is 1. The molecule has 5 N–H and O–H groups in total. The molecule has 0 amide bonds. The first-order valence-corrected chi connectivity index (χ1v) is 26.7. The second-order valence-electron chi connectivity index (χ2n) is 24.2. The molecule has 0 aromatic rings. The molecule has 6 fully saturated rings. The minimum Gasteiger partial charge on any atom is -0.465 e. The highest BCUT2D eigenvalue weighted by atomic mass is 16.8. The molecule has 7 rings (SSSR count). The van der Waals surface area contributed by atoms with Gasteiger partial charge in [-0.25, -0.2) is 9.59 Å². The van der Waals surface area contributed by atoms with Crippen molar-refractivity contribution in [3.05, 3.63) is 11.6 Å². The van der Waals surface area contributed by atoms with Gasteiger partial charge in [0.15, 0.2) is 30.6 Å². The summed E-state index contributed by atoms with van der Waals surface area (Å²) in [5.74, 6) is -2.18. The number of carbonyl (C=O) groups excluding carboxylic acids is 4. The Hall–Kier alpha value is -2.54. The molecule has 70 heavy (non-hydrogen) atoms. The lowest BCUT2D eigenvalue weighted by atomic mass is 9.33. The standard InChI is InChI=1S/C54H86O16/c1-11-14-25-64-44(61)40-36(57)35(56)39(60)46(68-40)70-42-38(59)37(58)41(45(62)65-26-15-12-2)69-47(42)67-34-18-19-52(8)33(49(34,4)5)17-20-54(10)43(52)32(55)28-30-31-29-51(7,48(63)66-27-16-13-3)22-21-50(31,6)23-24-53(30,54)9/h28,31,33-43,46-47,56-60H,11-27,29H2,1-10H3/t31?,33?,34?,35?,36?,37?,38?,39?,40?,41?,42?,43?,46?,47?,50-,51+,52+,53-,54-/m1/s1. The zero-order valence-electron chi connectivity index (χ0n) is 43.6. The topological polar surface area (TPSA) is 234 Å². The maximum absolute atomic E-state index is 15.2. The molecule has 2 saturated heterocycles. The predicted molar refractivity (Wildman–Crippen MR) is 254 cm³/mol. The van der Waals surface area contributed by atoms with Crippen LogP contribution in [-0.4, -0.2) is 137 Å². The first-order valence-electron chi connectivity index (χ1n) is 26.7. The van der Waals surface area contributed by atoms with Crippen LogP contribution in [0.25, 0.3) is 0 Å². The lowest BCUT2D eigenvalue weighted by Gasteiger charge is -2.70. The van der Waals surface area contributed by atoms with Crippen molar-refractivity contribution in [1.29, 1.82) is 0 Å². The van der Waals surface area contributed by atoms with E-state index < -0.39 is 95.7 Å². The van der Waals surface area contributed by atoms with Crippen LogP contribution in [0.5, 0.6) is 0 Å². The molecule has 16 heteroatoms. The van der Waals surface area contributed by atoms with E-state index in [1.807, 2.05) is 19.9 Å². The minimum atomic E-state index is -1.93. The first kappa shape index (κ1) is 55.2. The number of unbranched alkanes of at least 4 members (excludes halogenated alkanes) is 3. The molecule has 0 radical (unpaired) electrons. The third-order valence-electron chi connectivity index (χ3n) is 19.4. The average molecular weight is 991 g/mol. The third kappa shape index (κ3) is 9.58. The van der Waals surface area contributed by atoms with Gasteiger partial charge in [0.2, 0.25) is 0 Å². The number of rotatable bonds is 16. The summed E-state index contributed by atoms with van der Waals surface area (Å²) in [5.41, 5.74) is -1.23. The fraction of sp³-hybridized carbons (Fsp3) is 0.889. The molecule has 2 aliphatic heterocycles. The Bertz CT molecular complexity index is 1940. The highest BCUT2D eigenvalue weighted by molar-refractivity contribution is 5.95. The summed E-state index contributed by atoms with van der Waals surface area (Å²) in [4.78, 5) is 55.4. The van der Waals surface area contributed by atoms with Gasteiger partial charge in [0.05, 0.1) is 31.3 Å². The highest BCUT2D eigenvalue weighted by Gasteiger charge is 2.71. The van der Waals surface area contributed by atoms with Crippen molar-refractivity contribution in [2.75, 3.05) is 19.8 Å². The normalized spacial score (nSPS) is 45.5. The van der Waals surface area contributed by atoms with Crippen LogP contribution in [-0.2, 0) is 52.3 Å². The highest BCUT2D eigenvalue weighted by Crippen LogP contribution is 2.75. The van der Waals surface area contributed by atoms with Crippen molar-refractivity contribution in [2.45, 2.75) is 233 Å². The summed E-state index contributed by atoms with van der Waals surface area (Å²) in [7, 11) is 0. The summed E-state index contributed by atoms with van der Waals surface area (Å²) in [6.45, 7) is 22.0. The number of hydrogen-bond acceptors (Lipinski definition) is 16. The van der Waals surface area contributed by atoms with Gasteiger partial charge in [-0.05, 0) is 129 Å². The second-order valence-corrected chi connectivity index (χ2v) is 24.2. The van der Waals surface area contributed by atoms with Crippen LogP contribution in [0.2, 0.25) is 0 Å². The Morgan fingerprint density at radius 1 is 0.643 bits per heavy atom. The molecule has 0 aromatic heterocycles. The van der Waals surface area contributed by atoms with Gasteiger partial charge in [-0.15, -0.1) is 0 Å². The molecule has 2 heterocycles. The number of allylic oxidation sites excluding steroid dienone is 2. The van der Waals surface area contributed by atoms with Crippen LogP contribution in [0.3, 0.4) is 0 Å². The Morgan fingerprint density at radius 2 is 1.20 bits per heavy atom. The lowest BCUT2D eigenvalue weighted by Crippen LogP contribution is -2.68. The van der Waals surface area contributed by atoms with E-state index in [-0.39, 0.29) is 59.0 Å². The van der Waals surface area contributed by atoms with Gasteiger partial charge in [0, 0.05) is 5.92 Å². The molecule has 4 saturated carbocycles. The van der Waals surface area contributed by atoms with Crippen molar-refractivity contribution in [3.8, 4) is 0 Å². The average Bonchev–Trinajstić information content (AvgIpc) is 3.30. The number of fused-ring (bicyclic) bond motifs is 7. The van der Waals surface area contributed by atoms with E-state index in [1.54, 1.807) is 0 Å². The van der Waals surface area contributed by atoms with Crippen LogP contribution in [0.4, 0.5) is 0 Å². The van der Waals surface area contributed by atoms with E-state index in [0.717, 1.165) is 64.2 Å². The largest absolute Gasteiger partial charge is 0.465 e. The molecule has 0 spiro atoms. The van der Waals surface area contributed by atoms with Crippen LogP contribution in [0, 0.1) is 50.2 Å². The SMILES string of the molecule is CCCCOC(=O)C1OC(OC2C(OC3CC[C@@]4(C)C(CC[C@]5(C)C4C(=O)C=C4C6C[C@@](C)(C(=O)OCCCC)CC[C@]6(C)CC[C@]45C)C3(C)C)OC(C(=O)OCCCC)C(O)C2O)C(O)C(O)C1O. The molecule has 398 valence electrons. The maximum Gasteiger partial charge on any atom is 0.338 e. The maximum atomic E-state index is 15.2. The number of carbonyl (C=O) groups is 4. The van der Waals surface area contributed by atoms with E-state index in [1.165, 1.54) is 5.57 Å². The van der Waals surface area contributed by atoms with Gasteiger partial charge in [0.25, 0.3) is 0 Å². The van der Waals surface area contributed by atoms with Gasteiger partial charge in [-0.3, -0.25) is 9.59 Å². The summed E-state index contributed by atoms with van der Waals surface area (Å²) in [6.07, 6.45) is -5.48. The van der Waals surface area contributed by atoms with Gasteiger partial charge in [-0.1, -0.05) is 87.1 Å². The van der Waals surface area contributed by atoms with Crippen molar-refractivity contribution in [1.82, 2.24) is 0 Å². The van der Waals surface area contributed by atoms with Crippen LogP contribution >= 0.6 is 0 Å². The van der Waals surface area contributed by atoms with E-state index in [9.17, 15) is 39.9 Å². The first-order chi connectivity index (χ1) is 32.9. The summed E-state index contributed by atoms with van der Waals surface area (Å²) in [6, 6.07) is 0. The number of aliphatic hydroxyl groups excluding tert-OH is 5. The fourth-order valence-corrected chi connectivity index (χ4v) is 14.6. The Balaban J connectivity index is 1.16. The molecule has 19 atom stereocenters. The Labute approximate surface area is 415 Å². The monoisotopic (exact) mass is 991 g/mol. The van der Waals surface area contributed by atoms with Gasteiger partial charge in [0.1, 0.15) is 36.6 Å². The molecular weight excluding hydrogens is 905 g/mol. The quantitative estimate of drug-likeness (QED) is 0.0515. The van der Waals surface area contributed by atoms with E-state index in [0.29, 0.717) is 38.7 Å². The molecule has 14 unspecified atom stereocenters. The Morgan fingerprint density at radius 3 is 1.80 bits per heavy atom. The molecule has 0 aromatic carbocycles. The summed E-state index contributed by atoms with van der Waals surface area (Å²) >= 11 is 0. The molecular formula is C54H86O16. The van der Waals surface area contributed by atoms with E-state index in [4.69, 9.17) is 33.2 Å². The fourth-order valence-electron chi connectivity index (χ4n) is 14.6. The summed E-state index contributed by atoms with van der Waals surface area (Å²) < 4.78 is 41.5. The third-order valence-corrected chi connectivity index (χ3v) is 19.4. The van der Waals surface area contributed by atoms with Crippen molar-refractivity contribution >= 4 is 23.7 Å². The van der Waals surface area contributed by atoms with Gasteiger partial charge >= 0.3 is 17.9 Å². The van der Waals surface area contributed by atoms with Crippen LogP contribution in [0.15, 0.2) is 11.6 Å². The smallest absolute Gasteiger partial charge is 0.338 e. The van der Waals surface area contributed by atoms with Crippen molar-refractivity contribution in [3.63, 3.8) is 0 Å². The van der Waals surface area contributed by atoms with Crippen molar-refractivity contribution in [2.24, 2.45) is 50.2 Å². The second kappa shape index (κ2) is 21.0. The number of ether oxygens (including phenoxy) is 7. The molecule has 16 nitrogen and oxygen atoms in total. The Kier molecular flexibility index (Phi) is 16.6. The lowest BCUT2D eigenvalue weighted by molar-refractivity contribution is -0.371. The molecule has 7 aliphatic rings. The zero-order chi connectivity index (χ0) is 51.4. The van der Waals surface area contributed by atoms with Gasteiger partial charge in [-0.2, -0.15) is 0 Å². The minimum absolute atomic E-state index is 0.0275.